The summed E-state index contributed by atoms with van der Waals surface area (Å²) >= 11 is 0. The van der Waals surface area contributed by atoms with Crippen LogP contribution in [0.2, 0.25) is 0 Å². The summed E-state index contributed by atoms with van der Waals surface area (Å²) in [7, 11) is -3.51. The van der Waals surface area contributed by atoms with Crippen molar-refractivity contribution < 1.29 is 13.2 Å². The SMILES string of the molecule is Cc1ccc(/C=C/S(=O)(=O)N2CCC[C@H](C(N)=O)C2)cc1. The van der Waals surface area contributed by atoms with Crippen LogP contribution in [0.1, 0.15) is 24.0 Å². The van der Waals surface area contributed by atoms with E-state index in [4.69, 9.17) is 5.73 Å². The lowest BCUT2D eigenvalue weighted by molar-refractivity contribution is -0.122. The van der Waals surface area contributed by atoms with Crippen molar-refractivity contribution in [1.29, 1.82) is 0 Å². The highest BCUT2D eigenvalue weighted by atomic mass is 32.2. The summed E-state index contributed by atoms with van der Waals surface area (Å²) in [5.41, 5.74) is 7.22. The Balaban J connectivity index is 2.10. The molecule has 2 rings (SSSR count). The van der Waals surface area contributed by atoms with Crippen molar-refractivity contribution in [3.05, 3.63) is 40.8 Å². The Kier molecular flexibility index (Phi) is 4.80. The smallest absolute Gasteiger partial charge is 0.236 e. The van der Waals surface area contributed by atoms with Crippen molar-refractivity contribution in [2.45, 2.75) is 19.8 Å². The molecule has 1 saturated heterocycles. The highest BCUT2D eigenvalue weighted by Crippen LogP contribution is 2.20. The second-order valence-corrected chi connectivity index (χ2v) is 7.18. The number of aryl methyl sites for hydroxylation is 1. The van der Waals surface area contributed by atoms with Gasteiger partial charge >= 0.3 is 0 Å². The zero-order valence-corrected chi connectivity index (χ0v) is 12.8. The Hall–Kier alpha value is -1.66. The van der Waals surface area contributed by atoms with Gasteiger partial charge in [0.25, 0.3) is 0 Å². The average molecular weight is 308 g/mol. The monoisotopic (exact) mass is 308 g/mol. The molecule has 0 saturated carbocycles. The molecule has 21 heavy (non-hydrogen) atoms. The van der Waals surface area contributed by atoms with Gasteiger partial charge in [0.05, 0.1) is 5.92 Å². The molecule has 1 fully saturated rings. The molecule has 0 aliphatic carbocycles. The summed E-state index contributed by atoms with van der Waals surface area (Å²) in [6, 6.07) is 7.58. The lowest BCUT2D eigenvalue weighted by Gasteiger charge is -2.29. The van der Waals surface area contributed by atoms with E-state index in [0.29, 0.717) is 19.4 Å². The number of carbonyl (C=O) groups excluding carboxylic acids is 1. The minimum atomic E-state index is -3.51. The standard InChI is InChI=1S/C15H20N2O3S/c1-12-4-6-13(7-5-12)8-10-21(19,20)17-9-2-3-14(11-17)15(16)18/h4-8,10,14H,2-3,9,11H2,1H3,(H2,16,18)/b10-8+/t14-/m0/s1. The zero-order chi connectivity index (χ0) is 15.5. The Bertz CT molecular complexity index is 635. The van der Waals surface area contributed by atoms with Gasteiger partial charge in [0.2, 0.25) is 15.9 Å². The molecule has 0 aromatic heterocycles. The largest absolute Gasteiger partial charge is 0.369 e. The van der Waals surface area contributed by atoms with E-state index in [2.05, 4.69) is 0 Å². The van der Waals surface area contributed by atoms with Gasteiger partial charge in [-0.05, 0) is 31.4 Å². The third-order valence-electron chi connectivity index (χ3n) is 3.66. The Morgan fingerprint density at radius 3 is 2.62 bits per heavy atom. The van der Waals surface area contributed by atoms with Crippen molar-refractivity contribution in [2.75, 3.05) is 13.1 Å². The van der Waals surface area contributed by atoms with E-state index in [1.165, 1.54) is 9.71 Å². The minimum absolute atomic E-state index is 0.176. The fourth-order valence-corrected chi connectivity index (χ4v) is 3.61. The van der Waals surface area contributed by atoms with Crippen LogP contribution < -0.4 is 5.73 Å². The molecule has 1 aliphatic rings. The number of carbonyl (C=O) groups is 1. The van der Waals surface area contributed by atoms with Crippen molar-refractivity contribution in [3.63, 3.8) is 0 Å². The van der Waals surface area contributed by atoms with E-state index < -0.39 is 15.9 Å². The van der Waals surface area contributed by atoms with E-state index in [1.807, 2.05) is 31.2 Å². The fourth-order valence-electron chi connectivity index (χ4n) is 2.33. The van der Waals surface area contributed by atoms with E-state index in [0.717, 1.165) is 11.1 Å². The van der Waals surface area contributed by atoms with Gasteiger partial charge in [-0.1, -0.05) is 29.8 Å². The van der Waals surface area contributed by atoms with E-state index in [9.17, 15) is 13.2 Å². The van der Waals surface area contributed by atoms with Gasteiger partial charge in [0.1, 0.15) is 0 Å². The number of nitrogens with two attached hydrogens (primary N) is 1. The number of nitrogens with zero attached hydrogens (tertiary/aromatic N) is 1. The van der Waals surface area contributed by atoms with Crippen LogP contribution in [0.15, 0.2) is 29.7 Å². The lowest BCUT2D eigenvalue weighted by Crippen LogP contribution is -2.43. The molecule has 0 radical (unpaired) electrons. The lowest BCUT2D eigenvalue weighted by atomic mass is 9.99. The van der Waals surface area contributed by atoms with Gasteiger partial charge in [0.15, 0.2) is 0 Å². The van der Waals surface area contributed by atoms with Crippen LogP contribution in [0.3, 0.4) is 0 Å². The van der Waals surface area contributed by atoms with Crippen molar-refractivity contribution in [1.82, 2.24) is 4.31 Å². The van der Waals surface area contributed by atoms with Crippen LogP contribution in [-0.2, 0) is 14.8 Å². The van der Waals surface area contributed by atoms with Crippen LogP contribution in [0.25, 0.3) is 6.08 Å². The first kappa shape index (κ1) is 15.7. The van der Waals surface area contributed by atoms with Gasteiger partial charge in [-0.2, -0.15) is 4.31 Å². The van der Waals surface area contributed by atoms with Crippen LogP contribution in [0.4, 0.5) is 0 Å². The first-order valence-electron chi connectivity index (χ1n) is 6.93. The number of hydrogen-bond donors (Lipinski definition) is 1. The number of rotatable bonds is 4. The molecule has 0 unspecified atom stereocenters. The molecule has 0 spiro atoms. The number of hydrogen-bond acceptors (Lipinski definition) is 3. The average Bonchev–Trinajstić information content (AvgIpc) is 2.47. The number of amides is 1. The quantitative estimate of drug-likeness (QED) is 0.915. The Morgan fingerprint density at radius 1 is 1.33 bits per heavy atom. The predicted molar refractivity (Wildman–Crippen MR) is 82.6 cm³/mol. The van der Waals surface area contributed by atoms with Crippen LogP contribution in [-0.4, -0.2) is 31.7 Å². The van der Waals surface area contributed by atoms with E-state index in [1.54, 1.807) is 6.08 Å². The molecule has 2 N–H and O–H groups in total. The minimum Gasteiger partial charge on any atom is -0.369 e. The summed E-state index contributed by atoms with van der Waals surface area (Å²) in [6.07, 6.45) is 2.89. The zero-order valence-electron chi connectivity index (χ0n) is 12.0. The maximum Gasteiger partial charge on any atom is 0.236 e. The van der Waals surface area contributed by atoms with Crippen LogP contribution >= 0.6 is 0 Å². The Morgan fingerprint density at radius 2 is 2.00 bits per heavy atom. The van der Waals surface area contributed by atoms with Crippen molar-refractivity contribution >= 4 is 22.0 Å². The molecule has 1 atom stereocenters. The summed E-state index contributed by atoms with van der Waals surface area (Å²) in [6.45, 7) is 2.59. The molecular weight excluding hydrogens is 288 g/mol. The van der Waals surface area contributed by atoms with E-state index in [-0.39, 0.29) is 12.5 Å². The summed E-state index contributed by atoms with van der Waals surface area (Å²) in [5.74, 6) is -0.821. The number of piperidine rings is 1. The molecule has 5 nitrogen and oxygen atoms in total. The van der Waals surface area contributed by atoms with Gasteiger partial charge in [-0.25, -0.2) is 8.42 Å². The van der Waals surface area contributed by atoms with Crippen LogP contribution in [0.5, 0.6) is 0 Å². The van der Waals surface area contributed by atoms with Crippen LogP contribution in [0, 0.1) is 12.8 Å². The highest BCUT2D eigenvalue weighted by molar-refractivity contribution is 7.92. The van der Waals surface area contributed by atoms with Gasteiger partial charge < -0.3 is 5.73 Å². The third kappa shape index (κ3) is 4.15. The summed E-state index contributed by atoms with van der Waals surface area (Å²) in [4.78, 5) is 11.2. The highest BCUT2D eigenvalue weighted by Gasteiger charge is 2.29. The van der Waals surface area contributed by atoms with Gasteiger partial charge in [-0.3, -0.25) is 4.79 Å². The molecule has 1 aromatic rings. The van der Waals surface area contributed by atoms with Gasteiger partial charge in [-0.15, -0.1) is 0 Å². The maximum absolute atomic E-state index is 12.3. The topological polar surface area (TPSA) is 80.5 Å². The third-order valence-corrected chi connectivity index (χ3v) is 5.19. The molecule has 1 aromatic carbocycles. The molecule has 1 amide bonds. The number of primary amides is 1. The van der Waals surface area contributed by atoms with Crippen molar-refractivity contribution in [3.8, 4) is 0 Å². The summed E-state index contributed by atoms with van der Waals surface area (Å²) < 4.78 is 25.9. The molecule has 1 heterocycles. The molecule has 0 bridgehead atoms. The second kappa shape index (κ2) is 6.41. The fraction of sp³-hybridized carbons (Fsp3) is 0.400. The molecule has 1 aliphatic heterocycles. The Labute approximate surface area is 125 Å². The van der Waals surface area contributed by atoms with E-state index >= 15 is 0 Å². The second-order valence-electron chi connectivity index (χ2n) is 5.36. The number of sulfonamides is 1. The molecule has 6 heteroatoms. The normalized spacial score (nSPS) is 20.7. The predicted octanol–water partition coefficient (Wildman–Crippen LogP) is 1.49. The number of benzene rings is 1. The summed E-state index contributed by atoms with van der Waals surface area (Å²) in [5, 5.41) is 1.20. The van der Waals surface area contributed by atoms with Crippen molar-refractivity contribution in [2.24, 2.45) is 11.7 Å². The molecular formula is C15H20N2O3S. The first-order valence-corrected chi connectivity index (χ1v) is 8.43. The maximum atomic E-state index is 12.3. The first-order chi connectivity index (χ1) is 9.88. The molecule has 114 valence electrons. The van der Waals surface area contributed by atoms with Gasteiger partial charge in [0, 0.05) is 18.5 Å².